The molecule has 2 N–H and O–H groups in total. The van der Waals surface area contributed by atoms with E-state index in [1.807, 2.05) is 0 Å². The molecule has 1 amide bonds. The Morgan fingerprint density at radius 3 is 2.50 bits per heavy atom. The summed E-state index contributed by atoms with van der Waals surface area (Å²) in [7, 11) is 0. The van der Waals surface area contributed by atoms with Crippen LogP contribution in [0.4, 0.5) is 0 Å². The highest BCUT2D eigenvalue weighted by Crippen LogP contribution is 2.36. The Morgan fingerprint density at radius 2 is 1.88 bits per heavy atom. The number of benzene rings is 1. The summed E-state index contributed by atoms with van der Waals surface area (Å²) < 4.78 is 5.18. The number of nitrogens with one attached hydrogen (secondary N) is 2. The first kappa shape index (κ1) is 20.8. The van der Waals surface area contributed by atoms with Crippen LogP contribution in [0.15, 0.2) is 22.7 Å². The summed E-state index contributed by atoms with van der Waals surface area (Å²) in [6, 6.07) is 5.13. The van der Waals surface area contributed by atoms with Gasteiger partial charge in [0.2, 0.25) is 0 Å². The Bertz CT molecular complexity index is 669. The molecule has 1 aromatic heterocycles. The Kier molecular flexibility index (Phi) is 8.56. The van der Waals surface area contributed by atoms with Gasteiger partial charge in [0.1, 0.15) is 17.0 Å². The second-order valence-corrected chi connectivity index (χ2v) is 5.88. The molecule has 0 aliphatic carbocycles. The van der Waals surface area contributed by atoms with Gasteiger partial charge in [0.15, 0.2) is 0 Å². The second-order valence-electron chi connectivity index (χ2n) is 5.06. The minimum Gasteiger partial charge on any atom is -0.360 e. The molecule has 1 heterocycles. The molecule has 0 radical (unpaired) electrons. The van der Waals surface area contributed by atoms with Gasteiger partial charge in [-0.2, -0.15) is 0 Å². The van der Waals surface area contributed by atoms with Crippen LogP contribution in [-0.2, 0) is 0 Å². The first-order chi connectivity index (χ1) is 11.1. The maximum Gasteiger partial charge on any atom is 0.257 e. The lowest BCUT2D eigenvalue weighted by molar-refractivity contribution is 0.0953. The lowest BCUT2D eigenvalue weighted by Gasteiger charge is -2.08. The standard InChI is InChI=1S/C16H19Cl2N3O2.ClH/c1-3-7-19-8-9-20-16(22)13-10(2)23-21-15(13)14-11(17)5-4-6-12(14)18;/h4-6,19H,3,7-9H2,1-2H3,(H,20,22);1H. The molecule has 0 atom stereocenters. The van der Waals surface area contributed by atoms with Crippen molar-refractivity contribution in [2.45, 2.75) is 20.3 Å². The van der Waals surface area contributed by atoms with Crippen molar-refractivity contribution in [1.82, 2.24) is 15.8 Å². The number of hydrogen-bond acceptors (Lipinski definition) is 4. The number of hydrogen-bond donors (Lipinski definition) is 2. The van der Waals surface area contributed by atoms with E-state index in [1.165, 1.54) is 0 Å². The third-order valence-electron chi connectivity index (χ3n) is 3.30. The topological polar surface area (TPSA) is 67.2 Å². The van der Waals surface area contributed by atoms with Crippen molar-refractivity contribution in [1.29, 1.82) is 0 Å². The van der Waals surface area contributed by atoms with Crippen LogP contribution in [0.5, 0.6) is 0 Å². The molecule has 0 spiro atoms. The zero-order chi connectivity index (χ0) is 16.8. The van der Waals surface area contributed by atoms with Gasteiger partial charge in [-0.25, -0.2) is 0 Å². The largest absolute Gasteiger partial charge is 0.360 e. The van der Waals surface area contributed by atoms with E-state index in [4.69, 9.17) is 27.7 Å². The summed E-state index contributed by atoms with van der Waals surface area (Å²) in [6.45, 7) is 5.91. The van der Waals surface area contributed by atoms with Crippen LogP contribution in [0.2, 0.25) is 10.0 Å². The number of aryl methyl sites for hydroxylation is 1. The molecule has 0 unspecified atom stereocenters. The molecule has 0 saturated carbocycles. The molecule has 0 aliphatic heterocycles. The molecular weight excluding hydrogens is 373 g/mol. The average Bonchev–Trinajstić information content (AvgIpc) is 2.88. The summed E-state index contributed by atoms with van der Waals surface area (Å²) in [5.74, 6) is 0.169. The first-order valence-electron chi connectivity index (χ1n) is 7.45. The van der Waals surface area contributed by atoms with Crippen molar-refractivity contribution in [3.8, 4) is 11.3 Å². The molecule has 8 heteroatoms. The summed E-state index contributed by atoms with van der Waals surface area (Å²) in [6.07, 6.45) is 1.05. The molecule has 0 saturated heterocycles. The van der Waals surface area contributed by atoms with E-state index in [2.05, 4.69) is 22.7 Å². The van der Waals surface area contributed by atoms with Crippen molar-refractivity contribution in [3.63, 3.8) is 0 Å². The van der Waals surface area contributed by atoms with Gasteiger partial charge in [0.05, 0.1) is 10.0 Å². The Morgan fingerprint density at radius 1 is 1.21 bits per heavy atom. The molecule has 0 bridgehead atoms. The van der Waals surface area contributed by atoms with Crippen molar-refractivity contribution in [2.24, 2.45) is 0 Å². The first-order valence-corrected chi connectivity index (χ1v) is 8.21. The van der Waals surface area contributed by atoms with E-state index in [9.17, 15) is 4.79 Å². The minimum atomic E-state index is -0.256. The number of carbonyl (C=O) groups excluding carboxylic acids is 1. The van der Waals surface area contributed by atoms with Crippen LogP contribution >= 0.6 is 35.6 Å². The SMILES string of the molecule is CCCNCCNC(=O)c1c(-c2c(Cl)cccc2Cl)noc1C.Cl. The van der Waals surface area contributed by atoms with Gasteiger partial charge in [-0.15, -0.1) is 12.4 Å². The zero-order valence-corrected chi connectivity index (χ0v) is 15.8. The number of aromatic nitrogens is 1. The average molecular weight is 393 g/mol. The number of rotatable bonds is 7. The zero-order valence-electron chi connectivity index (χ0n) is 13.5. The van der Waals surface area contributed by atoms with Crippen LogP contribution in [0, 0.1) is 6.92 Å². The maximum atomic E-state index is 12.5. The van der Waals surface area contributed by atoms with Gasteiger partial charge < -0.3 is 15.2 Å². The molecule has 5 nitrogen and oxygen atoms in total. The van der Waals surface area contributed by atoms with Crippen LogP contribution in [0.25, 0.3) is 11.3 Å². The summed E-state index contributed by atoms with van der Waals surface area (Å²) in [4.78, 5) is 12.5. The Hall–Kier alpha value is -1.27. The number of halogens is 3. The second kappa shape index (κ2) is 9.89. The van der Waals surface area contributed by atoms with Crippen LogP contribution in [-0.4, -0.2) is 30.7 Å². The molecule has 2 rings (SSSR count). The number of amides is 1. The van der Waals surface area contributed by atoms with Gasteiger partial charge in [-0.3, -0.25) is 4.79 Å². The molecular formula is C16H20Cl3N3O2. The Labute approximate surface area is 157 Å². The Balaban J connectivity index is 0.00000288. The molecule has 1 aromatic carbocycles. The van der Waals surface area contributed by atoms with Crippen LogP contribution in [0.1, 0.15) is 29.5 Å². The fourth-order valence-electron chi connectivity index (χ4n) is 2.19. The van der Waals surface area contributed by atoms with E-state index < -0.39 is 0 Å². The fourth-order valence-corrected chi connectivity index (χ4v) is 2.77. The third-order valence-corrected chi connectivity index (χ3v) is 3.93. The highest BCUT2D eigenvalue weighted by molar-refractivity contribution is 6.39. The van der Waals surface area contributed by atoms with E-state index in [-0.39, 0.29) is 18.3 Å². The molecule has 0 aliphatic rings. The van der Waals surface area contributed by atoms with Crippen molar-refractivity contribution < 1.29 is 9.32 Å². The summed E-state index contributed by atoms with van der Waals surface area (Å²) in [5.41, 5.74) is 1.22. The monoisotopic (exact) mass is 391 g/mol. The highest BCUT2D eigenvalue weighted by Gasteiger charge is 2.24. The predicted molar refractivity (Wildman–Crippen MR) is 99.4 cm³/mol. The van der Waals surface area contributed by atoms with Crippen molar-refractivity contribution in [3.05, 3.63) is 39.6 Å². The number of carbonyl (C=O) groups is 1. The molecule has 2 aromatic rings. The van der Waals surface area contributed by atoms with Crippen LogP contribution in [0.3, 0.4) is 0 Å². The third kappa shape index (κ3) is 4.86. The smallest absolute Gasteiger partial charge is 0.257 e. The fraction of sp³-hybridized carbons (Fsp3) is 0.375. The summed E-state index contributed by atoms with van der Waals surface area (Å²) >= 11 is 12.4. The van der Waals surface area contributed by atoms with E-state index in [1.54, 1.807) is 25.1 Å². The van der Waals surface area contributed by atoms with Gasteiger partial charge in [-0.05, 0) is 32.0 Å². The minimum absolute atomic E-state index is 0. The predicted octanol–water partition coefficient (Wildman–Crippen LogP) is 4.11. The quantitative estimate of drug-likeness (QED) is 0.696. The van der Waals surface area contributed by atoms with Gasteiger partial charge in [0, 0.05) is 18.7 Å². The van der Waals surface area contributed by atoms with Gasteiger partial charge >= 0.3 is 0 Å². The van der Waals surface area contributed by atoms with Crippen LogP contribution < -0.4 is 10.6 Å². The van der Waals surface area contributed by atoms with Gasteiger partial charge in [0.25, 0.3) is 5.91 Å². The van der Waals surface area contributed by atoms with Crippen molar-refractivity contribution >= 4 is 41.5 Å². The number of nitrogens with zero attached hydrogens (tertiary/aromatic N) is 1. The van der Waals surface area contributed by atoms with E-state index in [0.29, 0.717) is 45.7 Å². The van der Waals surface area contributed by atoms with E-state index in [0.717, 1.165) is 13.0 Å². The van der Waals surface area contributed by atoms with Gasteiger partial charge in [-0.1, -0.05) is 41.3 Å². The molecule has 132 valence electrons. The van der Waals surface area contributed by atoms with E-state index >= 15 is 0 Å². The lowest BCUT2D eigenvalue weighted by atomic mass is 10.1. The summed E-state index contributed by atoms with van der Waals surface area (Å²) in [5, 5.41) is 10.9. The lowest BCUT2D eigenvalue weighted by Crippen LogP contribution is -2.32. The maximum absolute atomic E-state index is 12.5. The molecule has 24 heavy (non-hydrogen) atoms. The highest BCUT2D eigenvalue weighted by atomic mass is 35.5. The normalized spacial score (nSPS) is 10.3. The molecule has 0 fully saturated rings. The van der Waals surface area contributed by atoms with Crippen molar-refractivity contribution in [2.75, 3.05) is 19.6 Å².